The van der Waals surface area contributed by atoms with Gasteiger partial charge >= 0.3 is 11.9 Å². The van der Waals surface area contributed by atoms with Gasteiger partial charge in [0, 0.05) is 6.42 Å². The van der Waals surface area contributed by atoms with E-state index < -0.39 is 29.5 Å². The molecule has 138 valence electrons. The lowest BCUT2D eigenvalue weighted by Crippen LogP contribution is -2.33. The van der Waals surface area contributed by atoms with Crippen LogP contribution in [-0.4, -0.2) is 29.4 Å². The number of ketones is 1. The smallest absolute Gasteiger partial charge is 0.310 e. The zero-order valence-electron chi connectivity index (χ0n) is 15.3. The molecular formula is C19H27NO5. The van der Waals surface area contributed by atoms with E-state index in [1.807, 2.05) is 30.3 Å². The van der Waals surface area contributed by atoms with Crippen molar-refractivity contribution in [2.45, 2.75) is 58.8 Å². The number of esters is 2. The molecule has 0 aromatic heterocycles. The van der Waals surface area contributed by atoms with Crippen molar-refractivity contribution >= 4 is 17.7 Å². The summed E-state index contributed by atoms with van der Waals surface area (Å²) < 4.78 is 10.5. The van der Waals surface area contributed by atoms with Gasteiger partial charge in [0.2, 0.25) is 0 Å². The van der Waals surface area contributed by atoms with Crippen LogP contribution in [0.4, 0.5) is 0 Å². The van der Waals surface area contributed by atoms with Crippen molar-refractivity contribution in [2.24, 2.45) is 11.7 Å². The van der Waals surface area contributed by atoms with Gasteiger partial charge < -0.3 is 15.2 Å². The van der Waals surface area contributed by atoms with Gasteiger partial charge in [0.25, 0.3) is 0 Å². The maximum atomic E-state index is 12.4. The fourth-order valence-electron chi connectivity index (χ4n) is 2.10. The lowest BCUT2D eigenvalue weighted by molar-refractivity contribution is -0.162. The lowest BCUT2D eigenvalue weighted by atomic mass is 9.96. The average molecular weight is 349 g/mol. The molecule has 0 heterocycles. The fourth-order valence-corrected chi connectivity index (χ4v) is 2.10. The second-order valence-corrected chi connectivity index (χ2v) is 7.04. The summed E-state index contributed by atoms with van der Waals surface area (Å²) in [6, 6.07) is 8.47. The second-order valence-electron chi connectivity index (χ2n) is 7.04. The molecule has 2 N–H and O–H groups in total. The highest BCUT2D eigenvalue weighted by molar-refractivity contribution is 5.89. The van der Waals surface area contributed by atoms with Crippen molar-refractivity contribution in [1.82, 2.24) is 0 Å². The summed E-state index contributed by atoms with van der Waals surface area (Å²) in [5, 5.41) is 0. The van der Waals surface area contributed by atoms with Gasteiger partial charge in [-0.3, -0.25) is 14.4 Å². The molecule has 0 bridgehead atoms. The Morgan fingerprint density at radius 3 is 2.20 bits per heavy atom. The van der Waals surface area contributed by atoms with E-state index >= 15 is 0 Å². The van der Waals surface area contributed by atoms with E-state index in [1.165, 1.54) is 0 Å². The van der Waals surface area contributed by atoms with Gasteiger partial charge in [-0.2, -0.15) is 0 Å². The molecule has 0 aliphatic heterocycles. The van der Waals surface area contributed by atoms with Gasteiger partial charge in [-0.05, 0) is 33.3 Å². The van der Waals surface area contributed by atoms with E-state index in [9.17, 15) is 14.4 Å². The molecule has 0 aliphatic rings. The van der Waals surface area contributed by atoms with Crippen LogP contribution in [0.2, 0.25) is 0 Å². The number of ether oxygens (including phenoxy) is 2. The Bertz CT molecular complexity index is 590. The molecule has 0 aliphatic carbocycles. The van der Waals surface area contributed by atoms with Crippen LogP contribution < -0.4 is 5.73 Å². The van der Waals surface area contributed by atoms with Crippen LogP contribution in [0.1, 0.15) is 46.1 Å². The van der Waals surface area contributed by atoms with E-state index in [0.717, 1.165) is 5.56 Å². The molecule has 0 saturated carbocycles. The van der Waals surface area contributed by atoms with Crippen molar-refractivity contribution in [3.05, 3.63) is 35.9 Å². The van der Waals surface area contributed by atoms with Crippen molar-refractivity contribution in [3.63, 3.8) is 0 Å². The number of benzene rings is 1. The summed E-state index contributed by atoms with van der Waals surface area (Å²) in [7, 11) is 0. The second kappa shape index (κ2) is 9.32. The SMILES string of the molecule is C[C@H](N)C(=O)C[C@H](CC(=O)OC(C)(C)C)C(=O)OCc1ccccc1. The maximum Gasteiger partial charge on any atom is 0.310 e. The van der Waals surface area contributed by atoms with Gasteiger partial charge in [-0.1, -0.05) is 30.3 Å². The predicted molar refractivity (Wildman–Crippen MR) is 93.5 cm³/mol. The highest BCUT2D eigenvalue weighted by atomic mass is 16.6. The van der Waals surface area contributed by atoms with Crippen LogP contribution in [0.3, 0.4) is 0 Å². The van der Waals surface area contributed by atoms with Crippen molar-refractivity contribution < 1.29 is 23.9 Å². The molecular weight excluding hydrogens is 322 g/mol. The Labute approximate surface area is 148 Å². The largest absolute Gasteiger partial charge is 0.461 e. The van der Waals surface area contributed by atoms with Crippen LogP contribution in [0.15, 0.2) is 30.3 Å². The van der Waals surface area contributed by atoms with E-state index in [1.54, 1.807) is 27.7 Å². The van der Waals surface area contributed by atoms with Gasteiger partial charge in [0.15, 0.2) is 0 Å². The highest BCUT2D eigenvalue weighted by Gasteiger charge is 2.29. The summed E-state index contributed by atoms with van der Waals surface area (Å²) in [6.07, 6.45) is -0.367. The van der Waals surface area contributed by atoms with Crippen molar-refractivity contribution in [2.75, 3.05) is 0 Å². The molecule has 6 heteroatoms. The van der Waals surface area contributed by atoms with Gasteiger partial charge in [0.1, 0.15) is 18.0 Å². The Balaban J connectivity index is 2.73. The third-order valence-corrected chi connectivity index (χ3v) is 3.35. The third-order valence-electron chi connectivity index (χ3n) is 3.35. The van der Waals surface area contributed by atoms with Crippen LogP contribution in [0, 0.1) is 5.92 Å². The topological polar surface area (TPSA) is 95.7 Å². The standard InChI is InChI=1S/C19H27NO5/c1-13(20)16(21)10-15(11-17(22)25-19(2,3)4)18(23)24-12-14-8-6-5-7-9-14/h5-9,13,15H,10-12,20H2,1-4H3/t13-,15+/m0/s1. The molecule has 0 saturated heterocycles. The first-order valence-electron chi connectivity index (χ1n) is 8.29. The third kappa shape index (κ3) is 8.44. The average Bonchev–Trinajstić information content (AvgIpc) is 2.50. The molecule has 1 rings (SSSR count). The number of hydrogen-bond donors (Lipinski definition) is 1. The van der Waals surface area contributed by atoms with E-state index in [2.05, 4.69) is 0 Å². The minimum atomic E-state index is -0.905. The van der Waals surface area contributed by atoms with Crippen molar-refractivity contribution in [3.8, 4) is 0 Å². The number of rotatable bonds is 8. The highest BCUT2D eigenvalue weighted by Crippen LogP contribution is 2.18. The van der Waals surface area contributed by atoms with E-state index in [4.69, 9.17) is 15.2 Å². The van der Waals surface area contributed by atoms with Crippen molar-refractivity contribution in [1.29, 1.82) is 0 Å². The molecule has 2 atom stereocenters. The predicted octanol–water partition coefficient (Wildman–Crippen LogP) is 2.38. The summed E-state index contributed by atoms with van der Waals surface area (Å²) in [5.41, 5.74) is 5.72. The fraction of sp³-hybridized carbons (Fsp3) is 0.526. The zero-order valence-corrected chi connectivity index (χ0v) is 15.3. The lowest BCUT2D eigenvalue weighted by Gasteiger charge is -2.22. The van der Waals surface area contributed by atoms with Gasteiger partial charge in [-0.25, -0.2) is 0 Å². The van der Waals surface area contributed by atoms with Gasteiger partial charge in [-0.15, -0.1) is 0 Å². The summed E-state index contributed by atoms with van der Waals surface area (Å²) >= 11 is 0. The number of nitrogens with two attached hydrogens (primary N) is 1. The first-order valence-corrected chi connectivity index (χ1v) is 8.29. The molecule has 1 aromatic carbocycles. The first kappa shape index (κ1) is 20.8. The number of hydrogen-bond acceptors (Lipinski definition) is 6. The molecule has 6 nitrogen and oxygen atoms in total. The zero-order chi connectivity index (χ0) is 19.0. The van der Waals surface area contributed by atoms with E-state index in [0.29, 0.717) is 0 Å². The Morgan fingerprint density at radius 1 is 1.08 bits per heavy atom. The minimum Gasteiger partial charge on any atom is -0.461 e. The number of Topliss-reactive ketones (excluding diaryl/α,β-unsaturated/α-hetero) is 1. The molecule has 0 fully saturated rings. The Hall–Kier alpha value is -2.21. The monoisotopic (exact) mass is 349 g/mol. The van der Waals surface area contributed by atoms with Crippen LogP contribution >= 0.6 is 0 Å². The normalized spacial score (nSPS) is 13.6. The minimum absolute atomic E-state index is 0.0802. The Kier molecular flexibility index (Phi) is 7.77. The van der Waals surface area contributed by atoms with Crippen LogP contribution in [0.25, 0.3) is 0 Å². The maximum absolute atomic E-state index is 12.4. The first-order chi connectivity index (χ1) is 11.6. The summed E-state index contributed by atoms with van der Waals surface area (Å²) in [5.74, 6) is -2.36. The molecule has 1 aromatic rings. The van der Waals surface area contributed by atoms with Gasteiger partial charge in [0.05, 0.1) is 18.4 Å². The number of carbonyl (C=O) groups is 3. The van der Waals surface area contributed by atoms with Crippen LogP contribution in [-0.2, 0) is 30.5 Å². The molecule has 0 amide bonds. The summed E-state index contributed by atoms with van der Waals surface area (Å²) in [4.78, 5) is 36.3. The quantitative estimate of drug-likeness (QED) is 0.724. The summed E-state index contributed by atoms with van der Waals surface area (Å²) in [6.45, 7) is 6.83. The molecule has 0 spiro atoms. The molecule has 0 radical (unpaired) electrons. The molecule has 25 heavy (non-hydrogen) atoms. The van der Waals surface area contributed by atoms with Crippen LogP contribution in [0.5, 0.6) is 0 Å². The Morgan fingerprint density at radius 2 is 1.68 bits per heavy atom. The van der Waals surface area contributed by atoms with E-state index in [-0.39, 0.29) is 25.2 Å². The molecule has 0 unspecified atom stereocenters. The number of carbonyl (C=O) groups excluding carboxylic acids is 3.